The van der Waals surface area contributed by atoms with Crippen molar-refractivity contribution < 1.29 is 25.3 Å². The van der Waals surface area contributed by atoms with Crippen LogP contribution >= 0.6 is 0 Å². The maximum Gasteiger partial charge on any atom is 0.243 e. The second-order valence-electron chi connectivity index (χ2n) is 10.1. The number of aryl methyl sites for hydroxylation is 3. The third-order valence-electron chi connectivity index (χ3n) is 6.56. The Morgan fingerprint density at radius 2 is 0.905 bits per heavy atom. The van der Waals surface area contributed by atoms with Gasteiger partial charge in [-0.2, -0.15) is 4.31 Å². The zero-order chi connectivity index (χ0) is 30.8. The largest absolute Gasteiger partial charge is 0.315 e. The average molecular weight is 637 g/mol. The summed E-state index contributed by atoms with van der Waals surface area (Å²) in [5, 5.41) is 3.17. The summed E-state index contributed by atoms with van der Waals surface area (Å²) in [6, 6.07) is 19.7. The van der Waals surface area contributed by atoms with Gasteiger partial charge in [0.15, 0.2) is 0 Å². The molecule has 3 aromatic carbocycles. The van der Waals surface area contributed by atoms with Crippen molar-refractivity contribution in [3.8, 4) is 0 Å². The number of hydrogen-bond acceptors (Lipinski definition) is 7. The second-order valence-corrected chi connectivity index (χ2v) is 15.6. The summed E-state index contributed by atoms with van der Waals surface area (Å²) >= 11 is 0. The molecule has 0 bridgehead atoms. The van der Waals surface area contributed by atoms with Crippen LogP contribution < -0.4 is 14.8 Å². The lowest BCUT2D eigenvalue weighted by Crippen LogP contribution is -2.39. The first-order valence-corrected chi connectivity index (χ1v) is 18.1. The molecule has 0 saturated heterocycles. The Labute approximate surface area is 250 Å². The van der Waals surface area contributed by atoms with E-state index in [1.807, 2.05) is 20.8 Å². The van der Waals surface area contributed by atoms with Crippen LogP contribution in [0.2, 0.25) is 0 Å². The van der Waals surface area contributed by atoms with Crippen molar-refractivity contribution in [1.82, 2.24) is 19.1 Å². The first kappa shape index (κ1) is 33.8. The van der Waals surface area contributed by atoms with Gasteiger partial charge in [0.25, 0.3) is 0 Å². The van der Waals surface area contributed by atoms with E-state index < -0.39 is 30.1 Å². The van der Waals surface area contributed by atoms with Gasteiger partial charge in [0, 0.05) is 32.7 Å². The van der Waals surface area contributed by atoms with Crippen molar-refractivity contribution in [2.75, 3.05) is 39.3 Å². The Kier molecular flexibility index (Phi) is 12.2. The number of nitrogens with zero attached hydrogens (tertiary/aromatic N) is 1. The third-order valence-corrected chi connectivity index (χ3v) is 11.4. The van der Waals surface area contributed by atoms with Crippen LogP contribution in [0.5, 0.6) is 0 Å². The minimum atomic E-state index is -3.82. The van der Waals surface area contributed by atoms with E-state index in [9.17, 15) is 25.3 Å². The highest BCUT2D eigenvalue weighted by Gasteiger charge is 2.24. The molecule has 0 aliphatic heterocycles. The van der Waals surface area contributed by atoms with Crippen LogP contribution in [0.25, 0.3) is 0 Å². The van der Waals surface area contributed by atoms with Crippen molar-refractivity contribution in [3.05, 3.63) is 89.5 Å². The quantitative estimate of drug-likeness (QED) is 0.194. The Hall–Kier alpha value is -2.65. The molecule has 0 saturated carbocycles. The lowest BCUT2D eigenvalue weighted by Gasteiger charge is -2.23. The highest BCUT2D eigenvalue weighted by atomic mass is 32.2. The average Bonchev–Trinajstić information content (AvgIpc) is 2.94. The highest BCUT2D eigenvalue weighted by Crippen LogP contribution is 2.17. The molecular formula is C29H40N4O6S3. The summed E-state index contributed by atoms with van der Waals surface area (Å²) in [7, 11) is -11.1. The first-order valence-electron chi connectivity index (χ1n) is 13.7. The van der Waals surface area contributed by atoms with Crippen molar-refractivity contribution in [1.29, 1.82) is 0 Å². The molecule has 0 radical (unpaired) electrons. The Morgan fingerprint density at radius 3 is 1.36 bits per heavy atom. The number of nitrogens with one attached hydrogen (secondary N) is 3. The lowest BCUT2D eigenvalue weighted by atomic mass is 10.2. The monoisotopic (exact) mass is 636 g/mol. The third kappa shape index (κ3) is 9.97. The van der Waals surface area contributed by atoms with Crippen molar-refractivity contribution in [3.63, 3.8) is 0 Å². The van der Waals surface area contributed by atoms with Crippen LogP contribution in [0, 0.1) is 20.8 Å². The van der Waals surface area contributed by atoms with Crippen LogP contribution in [-0.2, 0) is 30.1 Å². The topological polar surface area (TPSA) is 142 Å². The fourth-order valence-corrected chi connectivity index (χ4v) is 7.65. The fourth-order valence-electron chi connectivity index (χ4n) is 4.02. The summed E-state index contributed by atoms with van der Waals surface area (Å²) in [5.41, 5.74) is 2.86. The standard InChI is InChI=1S/C29H40N4O6S3/c1-24-6-12-27(13-7-24)40(34,35)31-19-4-18-30-21-23-33(42(38,39)29-16-10-26(3)11-17-29)22-5-20-32-41(36,37)28-14-8-25(2)9-15-28/h6-17,30-32H,4-5,18-23H2,1-3H3. The van der Waals surface area contributed by atoms with Crippen LogP contribution in [0.15, 0.2) is 87.5 Å². The minimum Gasteiger partial charge on any atom is -0.315 e. The van der Waals surface area contributed by atoms with Gasteiger partial charge in [-0.15, -0.1) is 0 Å². The van der Waals surface area contributed by atoms with E-state index in [0.717, 1.165) is 16.7 Å². The number of hydrogen-bond donors (Lipinski definition) is 3. The SMILES string of the molecule is Cc1ccc(S(=O)(=O)NCCCNCCN(CCCNS(=O)(=O)c2ccc(C)cc2)S(=O)(=O)c2ccc(C)cc2)cc1. The van der Waals surface area contributed by atoms with E-state index in [2.05, 4.69) is 14.8 Å². The Morgan fingerprint density at radius 1 is 0.500 bits per heavy atom. The predicted octanol–water partition coefficient (Wildman–Crippen LogP) is 2.93. The molecule has 230 valence electrons. The second kappa shape index (κ2) is 15.2. The van der Waals surface area contributed by atoms with E-state index in [1.165, 1.54) is 16.4 Å². The van der Waals surface area contributed by atoms with Crippen LogP contribution in [0.1, 0.15) is 29.5 Å². The van der Waals surface area contributed by atoms with Gasteiger partial charge in [0.1, 0.15) is 0 Å². The molecule has 0 atom stereocenters. The summed E-state index contributed by atoms with van der Waals surface area (Å²) in [5.74, 6) is 0. The molecule has 3 rings (SSSR count). The molecule has 0 aliphatic carbocycles. The number of rotatable bonds is 17. The van der Waals surface area contributed by atoms with Crippen molar-refractivity contribution in [2.45, 2.75) is 48.3 Å². The maximum absolute atomic E-state index is 13.4. The predicted molar refractivity (Wildman–Crippen MR) is 165 cm³/mol. The Balaban J connectivity index is 1.52. The fraction of sp³-hybridized carbons (Fsp3) is 0.379. The zero-order valence-electron chi connectivity index (χ0n) is 24.2. The zero-order valence-corrected chi connectivity index (χ0v) is 26.7. The van der Waals surface area contributed by atoms with Crippen LogP contribution in [0.3, 0.4) is 0 Å². The van der Waals surface area contributed by atoms with Crippen LogP contribution in [0.4, 0.5) is 0 Å². The summed E-state index contributed by atoms with van der Waals surface area (Å²) in [4.78, 5) is 0.528. The molecule has 0 heterocycles. The van der Waals surface area contributed by atoms with E-state index in [1.54, 1.807) is 60.7 Å². The Bertz CT molecular complexity index is 1610. The van der Waals surface area contributed by atoms with Gasteiger partial charge in [0.05, 0.1) is 14.7 Å². The van der Waals surface area contributed by atoms with Gasteiger partial charge in [0.2, 0.25) is 30.1 Å². The first-order chi connectivity index (χ1) is 19.8. The minimum absolute atomic E-state index is 0.0741. The number of benzene rings is 3. The smallest absolute Gasteiger partial charge is 0.243 e. The molecule has 0 unspecified atom stereocenters. The van der Waals surface area contributed by atoms with Crippen LogP contribution in [-0.4, -0.2) is 68.8 Å². The van der Waals surface area contributed by atoms with E-state index in [-0.39, 0.29) is 47.3 Å². The molecule has 13 heteroatoms. The van der Waals surface area contributed by atoms with Gasteiger partial charge in [-0.25, -0.2) is 34.7 Å². The van der Waals surface area contributed by atoms with Gasteiger partial charge in [-0.1, -0.05) is 53.1 Å². The number of sulfonamides is 3. The highest BCUT2D eigenvalue weighted by molar-refractivity contribution is 7.90. The molecule has 10 nitrogen and oxygen atoms in total. The lowest BCUT2D eigenvalue weighted by molar-refractivity contribution is 0.398. The van der Waals surface area contributed by atoms with E-state index in [0.29, 0.717) is 19.5 Å². The molecule has 3 aromatic rings. The molecular weight excluding hydrogens is 597 g/mol. The molecule has 3 N–H and O–H groups in total. The van der Waals surface area contributed by atoms with E-state index in [4.69, 9.17) is 0 Å². The van der Waals surface area contributed by atoms with Crippen molar-refractivity contribution >= 4 is 30.1 Å². The molecule has 0 aromatic heterocycles. The van der Waals surface area contributed by atoms with Gasteiger partial charge >= 0.3 is 0 Å². The summed E-state index contributed by atoms with van der Waals surface area (Å²) < 4.78 is 83.3. The maximum atomic E-state index is 13.4. The summed E-state index contributed by atoms with van der Waals surface area (Å²) in [6.45, 7) is 7.03. The molecule has 0 spiro atoms. The molecule has 0 fully saturated rings. The molecule has 0 amide bonds. The van der Waals surface area contributed by atoms with Gasteiger partial charge in [-0.05, 0) is 76.6 Å². The van der Waals surface area contributed by atoms with Crippen molar-refractivity contribution in [2.24, 2.45) is 0 Å². The molecule has 42 heavy (non-hydrogen) atoms. The normalized spacial score (nSPS) is 12.6. The van der Waals surface area contributed by atoms with E-state index >= 15 is 0 Å². The van der Waals surface area contributed by atoms with Gasteiger partial charge in [-0.3, -0.25) is 0 Å². The molecule has 0 aliphatic rings. The van der Waals surface area contributed by atoms with Gasteiger partial charge < -0.3 is 5.32 Å². The summed E-state index contributed by atoms with van der Waals surface area (Å²) in [6.07, 6.45) is 0.785.